The second kappa shape index (κ2) is 11.6. The van der Waals surface area contributed by atoms with Gasteiger partial charge in [0.25, 0.3) is 0 Å². The molecule has 1 aromatic carbocycles. The first-order valence-electron chi connectivity index (χ1n) is 10.3. The highest BCUT2D eigenvalue weighted by atomic mass is 32.3. The van der Waals surface area contributed by atoms with Crippen molar-refractivity contribution >= 4 is 10.4 Å². The molecule has 200 valence electrons. The van der Waals surface area contributed by atoms with E-state index in [0.717, 1.165) is 0 Å². The molecule has 0 saturated carbocycles. The quantitative estimate of drug-likeness (QED) is 0.154. The minimum absolute atomic E-state index is 0.233. The summed E-state index contributed by atoms with van der Waals surface area (Å²) in [5.74, 6) is 0.764. The summed E-state index contributed by atoms with van der Waals surface area (Å²) < 4.78 is 61.3. The van der Waals surface area contributed by atoms with Gasteiger partial charge in [-0.1, -0.05) is 0 Å². The number of aliphatic hydroxyl groups excluding tert-OH is 6. The van der Waals surface area contributed by atoms with Crippen molar-refractivity contribution in [2.75, 3.05) is 20.3 Å². The van der Waals surface area contributed by atoms with Crippen molar-refractivity contribution in [2.24, 2.45) is 0 Å². The summed E-state index contributed by atoms with van der Waals surface area (Å²) in [6.45, 7) is -1.67. The minimum atomic E-state index is -4.92. The highest BCUT2D eigenvalue weighted by Gasteiger charge is 2.51. The molecule has 2 saturated heterocycles. The zero-order valence-electron chi connectivity index (χ0n) is 18.3. The van der Waals surface area contributed by atoms with Gasteiger partial charge in [0.2, 0.25) is 6.29 Å². The molecule has 2 heterocycles. The Morgan fingerprint density at radius 3 is 2.00 bits per heavy atom. The summed E-state index contributed by atoms with van der Waals surface area (Å²) in [4.78, 5) is 0. The highest BCUT2D eigenvalue weighted by Crippen LogP contribution is 2.31. The lowest BCUT2D eigenvalue weighted by Gasteiger charge is -2.45. The minimum Gasteiger partial charge on any atom is -0.497 e. The van der Waals surface area contributed by atoms with Crippen LogP contribution >= 0.6 is 0 Å². The topological polar surface area (TPSA) is 231 Å². The van der Waals surface area contributed by atoms with Gasteiger partial charge in [0.05, 0.1) is 20.3 Å². The van der Waals surface area contributed by atoms with Gasteiger partial charge in [-0.2, -0.15) is 8.42 Å². The van der Waals surface area contributed by atoms with E-state index in [9.17, 15) is 39.1 Å². The molecule has 3 rings (SSSR count). The number of rotatable bonds is 9. The maximum absolute atomic E-state index is 10.8. The molecule has 1 aromatic rings. The summed E-state index contributed by atoms with van der Waals surface area (Å²) in [6, 6.07) is 6.17. The van der Waals surface area contributed by atoms with Crippen LogP contribution in [0.2, 0.25) is 0 Å². The number of hydrogen-bond acceptors (Lipinski definition) is 14. The van der Waals surface area contributed by atoms with Crippen molar-refractivity contribution in [2.45, 2.75) is 61.4 Å². The molecule has 0 amide bonds. The van der Waals surface area contributed by atoms with Gasteiger partial charge in [-0.15, -0.1) is 0 Å². The maximum atomic E-state index is 10.8. The Hall–Kier alpha value is -1.67. The van der Waals surface area contributed by atoms with Crippen LogP contribution in [0.3, 0.4) is 0 Å². The molecule has 0 radical (unpaired) electrons. The van der Waals surface area contributed by atoms with Gasteiger partial charge in [0, 0.05) is 0 Å². The number of methoxy groups -OCH3 is 1. The van der Waals surface area contributed by atoms with Gasteiger partial charge in [-0.05, 0) is 24.3 Å². The number of hydrogen-bond donors (Lipinski definition) is 7. The van der Waals surface area contributed by atoms with E-state index in [1.165, 1.54) is 19.2 Å². The second-order valence-corrected chi connectivity index (χ2v) is 8.92. The predicted molar refractivity (Wildman–Crippen MR) is 110 cm³/mol. The van der Waals surface area contributed by atoms with Crippen LogP contribution in [0, 0.1) is 0 Å². The molecular weight excluding hydrogens is 500 g/mol. The van der Waals surface area contributed by atoms with Crippen LogP contribution in [0.15, 0.2) is 24.3 Å². The molecule has 0 spiro atoms. The Bertz CT molecular complexity index is 911. The Balaban J connectivity index is 1.75. The molecule has 0 aromatic heterocycles. The molecule has 10 atom stereocenters. The van der Waals surface area contributed by atoms with E-state index in [2.05, 4.69) is 4.18 Å². The van der Waals surface area contributed by atoms with E-state index in [1.807, 2.05) is 0 Å². The van der Waals surface area contributed by atoms with Crippen LogP contribution in [-0.2, 0) is 28.8 Å². The first-order chi connectivity index (χ1) is 16.4. The van der Waals surface area contributed by atoms with Gasteiger partial charge in [-0.3, -0.25) is 4.55 Å². The standard InChI is InChI=1S/C19H28O15S/c1-29-8-2-4-9(5-3-8)31-19-16(25)17(13(22)10(6-20)32-19)34-18-15(24)14(23)12(21)11(33-18)7-30-35(26,27)28/h2-5,10-25H,6-7H2,1H3,(H,26,27,28)/t10-,11-,12+,13+,14+,15-,16-,17+,18+,19-/m1/s1. The highest BCUT2D eigenvalue weighted by molar-refractivity contribution is 7.80. The van der Waals surface area contributed by atoms with Crippen LogP contribution in [0.1, 0.15) is 0 Å². The summed E-state index contributed by atoms with van der Waals surface area (Å²) in [7, 11) is -3.45. The van der Waals surface area contributed by atoms with Crippen molar-refractivity contribution in [3.05, 3.63) is 24.3 Å². The third-order valence-electron chi connectivity index (χ3n) is 5.47. The molecule has 0 bridgehead atoms. The first-order valence-corrected chi connectivity index (χ1v) is 11.7. The van der Waals surface area contributed by atoms with Crippen molar-refractivity contribution in [1.29, 1.82) is 0 Å². The average Bonchev–Trinajstić information content (AvgIpc) is 2.82. The molecule has 0 aliphatic carbocycles. The Labute approximate surface area is 199 Å². The van der Waals surface area contributed by atoms with E-state index >= 15 is 0 Å². The molecular formula is C19H28O15S. The molecule has 2 aliphatic rings. The van der Waals surface area contributed by atoms with Crippen LogP contribution in [0.5, 0.6) is 11.5 Å². The van der Waals surface area contributed by atoms with Crippen LogP contribution in [-0.4, -0.2) is 125 Å². The van der Waals surface area contributed by atoms with Crippen molar-refractivity contribution in [3.63, 3.8) is 0 Å². The van der Waals surface area contributed by atoms with Gasteiger partial charge in [0.1, 0.15) is 60.3 Å². The monoisotopic (exact) mass is 528 g/mol. The summed E-state index contributed by atoms with van der Waals surface area (Å²) in [5, 5.41) is 61.3. The fourth-order valence-corrected chi connectivity index (χ4v) is 3.88. The van der Waals surface area contributed by atoms with Crippen LogP contribution < -0.4 is 9.47 Å². The van der Waals surface area contributed by atoms with Crippen molar-refractivity contribution < 1.29 is 71.5 Å². The van der Waals surface area contributed by atoms with Crippen LogP contribution in [0.4, 0.5) is 0 Å². The summed E-state index contributed by atoms with van der Waals surface area (Å²) in [5.41, 5.74) is 0. The van der Waals surface area contributed by atoms with E-state index in [1.54, 1.807) is 12.1 Å². The lowest BCUT2D eigenvalue weighted by atomic mass is 9.97. The fourth-order valence-electron chi connectivity index (χ4n) is 3.57. The smallest absolute Gasteiger partial charge is 0.397 e. The average molecular weight is 528 g/mol. The van der Waals surface area contributed by atoms with Gasteiger partial charge in [-0.25, -0.2) is 4.18 Å². The Kier molecular flexibility index (Phi) is 9.24. The Morgan fingerprint density at radius 2 is 1.43 bits per heavy atom. The fraction of sp³-hybridized carbons (Fsp3) is 0.684. The predicted octanol–water partition coefficient (Wildman–Crippen LogP) is -3.47. The zero-order chi connectivity index (χ0) is 25.9. The number of benzene rings is 1. The van der Waals surface area contributed by atoms with Gasteiger partial charge < -0.3 is 54.3 Å². The summed E-state index contributed by atoms with van der Waals surface area (Å²) >= 11 is 0. The van der Waals surface area contributed by atoms with E-state index < -0.39 is 85.0 Å². The van der Waals surface area contributed by atoms with E-state index in [-0.39, 0.29) is 5.75 Å². The maximum Gasteiger partial charge on any atom is 0.397 e. The lowest BCUT2D eigenvalue weighted by molar-refractivity contribution is -0.352. The SMILES string of the molecule is COc1ccc(O[C@@H]2O[C@H](CO)[C@H](O)[C@H](O[C@@H]3O[C@H](COS(=O)(=O)O)[C@H](O)[C@H](O)[C@H]3O)[C@H]2O)cc1. The number of aliphatic hydroxyl groups is 6. The number of ether oxygens (including phenoxy) is 5. The molecule has 16 heteroatoms. The molecule has 7 N–H and O–H groups in total. The lowest BCUT2D eigenvalue weighted by Crippen LogP contribution is -2.65. The molecule has 35 heavy (non-hydrogen) atoms. The zero-order valence-corrected chi connectivity index (χ0v) is 19.1. The second-order valence-electron chi connectivity index (χ2n) is 7.83. The first kappa shape index (κ1) is 27.9. The summed E-state index contributed by atoms with van der Waals surface area (Å²) in [6.07, 6.45) is -16.9. The van der Waals surface area contributed by atoms with E-state index in [0.29, 0.717) is 5.75 Å². The third-order valence-corrected chi connectivity index (χ3v) is 5.91. The molecule has 2 fully saturated rings. The van der Waals surface area contributed by atoms with Crippen LogP contribution in [0.25, 0.3) is 0 Å². The van der Waals surface area contributed by atoms with Crippen molar-refractivity contribution in [1.82, 2.24) is 0 Å². The molecule has 0 unspecified atom stereocenters. The Morgan fingerprint density at radius 1 is 0.829 bits per heavy atom. The normalized spacial score (nSPS) is 38.2. The third kappa shape index (κ3) is 6.76. The largest absolute Gasteiger partial charge is 0.497 e. The van der Waals surface area contributed by atoms with Gasteiger partial charge >= 0.3 is 10.4 Å². The molecule has 2 aliphatic heterocycles. The van der Waals surface area contributed by atoms with Crippen molar-refractivity contribution in [3.8, 4) is 11.5 Å². The molecule has 15 nitrogen and oxygen atoms in total. The van der Waals surface area contributed by atoms with E-state index in [4.69, 9.17) is 28.2 Å². The van der Waals surface area contributed by atoms with Gasteiger partial charge in [0.15, 0.2) is 6.29 Å².